The van der Waals surface area contributed by atoms with Gasteiger partial charge in [0.05, 0.1) is 5.92 Å². The normalized spacial score (nSPS) is 23.2. The number of thiophene rings is 1. The first kappa shape index (κ1) is 18.3. The molecule has 2 atom stereocenters. The summed E-state index contributed by atoms with van der Waals surface area (Å²) in [6.45, 7) is 2.33. The Morgan fingerprint density at radius 2 is 2.04 bits per heavy atom. The Bertz CT molecular complexity index is 769. The monoisotopic (exact) mass is 386 g/mol. The van der Waals surface area contributed by atoms with E-state index < -0.39 is 28.0 Å². The van der Waals surface area contributed by atoms with Crippen LogP contribution in [-0.2, 0) is 19.6 Å². The van der Waals surface area contributed by atoms with Crippen molar-refractivity contribution in [2.75, 3.05) is 13.1 Å². The minimum absolute atomic E-state index is 0.000953. The van der Waals surface area contributed by atoms with Crippen LogP contribution in [0.4, 0.5) is 0 Å². The molecule has 2 heterocycles. The average molecular weight is 386 g/mol. The third-order valence-corrected chi connectivity index (χ3v) is 8.06. The molecule has 0 bridgehead atoms. The molecule has 1 aliphatic carbocycles. The van der Waals surface area contributed by atoms with Crippen LogP contribution in [0.5, 0.6) is 0 Å². The molecule has 2 N–H and O–H groups in total. The highest BCUT2D eigenvalue weighted by Crippen LogP contribution is 2.33. The van der Waals surface area contributed by atoms with Crippen molar-refractivity contribution < 1.29 is 23.1 Å². The van der Waals surface area contributed by atoms with Crippen LogP contribution >= 0.6 is 11.3 Å². The SMILES string of the molecule is Cc1ccc(S(=O)(=O)N2CCCC(C(=O)NC(C(=O)O)C3CC3)C2)s1. The van der Waals surface area contributed by atoms with E-state index in [4.69, 9.17) is 0 Å². The molecule has 0 radical (unpaired) electrons. The molecule has 1 saturated carbocycles. The van der Waals surface area contributed by atoms with E-state index >= 15 is 0 Å². The maximum atomic E-state index is 12.7. The maximum Gasteiger partial charge on any atom is 0.326 e. The highest BCUT2D eigenvalue weighted by atomic mass is 32.2. The standard InChI is InChI=1S/C16H22N2O5S2/c1-10-4-7-13(24-10)25(22,23)18-8-2-3-12(9-18)15(19)17-14(16(20)21)11-5-6-11/h4,7,11-12,14H,2-3,5-6,8-9H2,1H3,(H,17,19)(H,20,21). The van der Waals surface area contributed by atoms with Crippen molar-refractivity contribution in [2.45, 2.75) is 42.9 Å². The van der Waals surface area contributed by atoms with Crippen LogP contribution in [0.25, 0.3) is 0 Å². The molecule has 2 aliphatic rings. The number of hydrogen-bond donors (Lipinski definition) is 2. The van der Waals surface area contributed by atoms with E-state index in [-0.39, 0.29) is 22.6 Å². The number of rotatable bonds is 6. The zero-order valence-electron chi connectivity index (χ0n) is 14.0. The lowest BCUT2D eigenvalue weighted by Crippen LogP contribution is -2.50. The summed E-state index contributed by atoms with van der Waals surface area (Å²) in [6.07, 6.45) is 2.77. The van der Waals surface area contributed by atoms with Gasteiger partial charge in [0.25, 0.3) is 10.0 Å². The van der Waals surface area contributed by atoms with Crippen LogP contribution in [0, 0.1) is 18.8 Å². The van der Waals surface area contributed by atoms with Crippen LogP contribution in [0.2, 0.25) is 0 Å². The number of aliphatic carboxylic acids is 1. The van der Waals surface area contributed by atoms with Gasteiger partial charge in [-0.2, -0.15) is 4.31 Å². The Kier molecular flexibility index (Phi) is 5.17. The molecule has 1 saturated heterocycles. The summed E-state index contributed by atoms with van der Waals surface area (Å²) in [7, 11) is -3.60. The predicted octanol–water partition coefficient (Wildman–Crippen LogP) is 1.44. The van der Waals surface area contributed by atoms with E-state index in [0.29, 0.717) is 19.4 Å². The topological polar surface area (TPSA) is 104 Å². The van der Waals surface area contributed by atoms with Crippen LogP contribution in [0.1, 0.15) is 30.6 Å². The molecule has 3 rings (SSSR count). The molecule has 25 heavy (non-hydrogen) atoms. The van der Waals surface area contributed by atoms with E-state index in [0.717, 1.165) is 17.7 Å². The molecule has 1 amide bonds. The summed E-state index contributed by atoms with van der Waals surface area (Å²) in [5.74, 6) is -1.89. The van der Waals surface area contributed by atoms with E-state index in [1.165, 1.54) is 15.6 Å². The molecular formula is C16H22N2O5S2. The molecule has 2 unspecified atom stereocenters. The fraction of sp³-hybridized carbons (Fsp3) is 0.625. The van der Waals surface area contributed by atoms with Gasteiger partial charge < -0.3 is 10.4 Å². The number of sulfonamides is 1. The highest BCUT2D eigenvalue weighted by molar-refractivity contribution is 7.91. The average Bonchev–Trinajstić information content (AvgIpc) is 3.32. The van der Waals surface area contributed by atoms with Gasteiger partial charge >= 0.3 is 5.97 Å². The van der Waals surface area contributed by atoms with E-state index in [2.05, 4.69) is 5.32 Å². The summed E-state index contributed by atoms with van der Waals surface area (Å²) >= 11 is 1.22. The van der Waals surface area contributed by atoms with Crippen LogP contribution < -0.4 is 5.32 Å². The van der Waals surface area contributed by atoms with Crippen LogP contribution in [0.3, 0.4) is 0 Å². The number of aryl methyl sites for hydroxylation is 1. The van der Waals surface area contributed by atoms with Crippen molar-refractivity contribution in [2.24, 2.45) is 11.8 Å². The van der Waals surface area contributed by atoms with Gasteiger partial charge in [-0.15, -0.1) is 11.3 Å². The zero-order valence-corrected chi connectivity index (χ0v) is 15.6. The molecule has 1 aromatic heterocycles. The van der Waals surface area contributed by atoms with Gasteiger partial charge in [0.15, 0.2) is 0 Å². The quantitative estimate of drug-likeness (QED) is 0.770. The third-order valence-electron chi connectivity index (χ3n) is 4.72. The Hall–Kier alpha value is -1.45. The second-order valence-corrected chi connectivity index (χ2v) is 10.2. The molecule has 138 valence electrons. The Morgan fingerprint density at radius 1 is 1.32 bits per heavy atom. The number of nitrogens with zero attached hydrogens (tertiary/aromatic N) is 1. The summed E-state index contributed by atoms with van der Waals surface area (Å²) in [6, 6.07) is 2.49. The van der Waals surface area contributed by atoms with Crippen molar-refractivity contribution in [3.8, 4) is 0 Å². The van der Waals surface area contributed by atoms with Gasteiger partial charge in [-0.25, -0.2) is 13.2 Å². The zero-order chi connectivity index (χ0) is 18.2. The van der Waals surface area contributed by atoms with Gasteiger partial charge in [-0.1, -0.05) is 0 Å². The molecule has 0 spiro atoms. The number of carbonyl (C=O) groups excluding carboxylic acids is 1. The molecule has 1 aliphatic heterocycles. The fourth-order valence-corrected chi connectivity index (χ4v) is 6.10. The number of amides is 1. The van der Waals surface area contributed by atoms with E-state index in [9.17, 15) is 23.1 Å². The number of carboxylic acids is 1. The number of piperidine rings is 1. The van der Waals surface area contributed by atoms with Crippen molar-refractivity contribution in [3.05, 3.63) is 17.0 Å². The lowest BCUT2D eigenvalue weighted by molar-refractivity contribution is -0.143. The smallest absolute Gasteiger partial charge is 0.326 e. The molecule has 7 nitrogen and oxygen atoms in total. The lowest BCUT2D eigenvalue weighted by atomic mass is 9.98. The fourth-order valence-electron chi connectivity index (χ4n) is 3.13. The Balaban J connectivity index is 1.68. The molecular weight excluding hydrogens is 364 g/mol. The second kappa shape index (κ2) is 7.05. The lowest BCUT2D eigenvalue weighted by Gasteiger charge is -2.31. The van der Waals surface area contributed by atoms with Gasteiger partial charge in [0, 0.05) is 18.0 Å². The van der Waals surface area contributed by atoms with Crippen molar-refractivity contribution in [3.63, 3.8) is 0 Å². The highest BCUT2D eigenvalue weighted by Gasteiger charge is 2.40. The minimum Gasteiger partial charge on any atom is -0.480 e. The molecule has 2 fully saturated rings. The number of carbonyl (C=O) groups is 2. The van der Waals surface area contributed by atoms with E-state index in [1.807, 2.05) is 6.92 Å². The second-order valence-electron chi connectivity index (χ2n) is 6.73. The van der Waals surface area contributed by atoms with Crippen LogP contribution in [-0.4, -0.2) is 48.8 Å². The van der Waals surface area contributed by atoms with Gasteiger partial charge in [-0.05, 0) is 50.7 Å². The molecule has 0 aromatic carbocycles. The number of carboxylic acid groups (broad SMARTS) is 1. The third kappa shape index (κ3) is 4.04. The number of nitrogens with one attached hydrogen (secondary N) is 1. The largest absolute Gasteiger partial charge is 0.480 e. The van der Waals surface area contributed by atoms with E-state index in [1.54, 1.807) is 12.1 Å². The van der Waals surface area contributed by atoms with Gasteiger partial charge in [0.2, 0.25) is 5.91 Å². The minimum atomic E-state index is -3.60. The van der Waals surface area contributed by atoms with Crippen molar-refractivity contribution >= 4 is 33.2 Å². The first-order chi connectivity index (χ1) is 11.8. The van der Waals surface area contributed by atoms with Gasteiger partial charge in [-0.3, -0.25) is 4.79 Å². The van der Waals surface area contributed by atoms with Gasteiger partial charge in [0.1, 0.15) is 10.3 Å². The Morgan fingerprint density at radius 3 is 2.60 bits per heavy atom. The van der Waals surface area contributed by atoms with Crippen molar-refractivity contribution in [1.82, 2.24) is 9.62 Å². The summed E-state index contributed by atoms with van der Waals surface area (Å²) in [4.78, 5) is 24.7. The Labute approximate surface area is 151 Å². The van der Waals surface area contributed by atoms with Crippen molar-refractivity contribution in [1.29, 1.82) is 0 Å². The summed E-state index contributed by atoms with van der Waals surface area (Å²) in [5.41, 5.74) is 0. The number of hydrogen-bond acceptors (Lipinski definition) is 5. The first-order valence-electron chi connectivity index (χ1n) is 8.39. The predicted molar refractivity (Wildman–Crippen MR) is 92.8 cm³/mol. The molecule has 1 aromatic rings. The summed E-state index contributed by atoms with van der Waals surface area (Å²) < 4.78 is 27.1. The summed E-state index contributed by atoms with van der Waals surface area (Å²) in [5, 5.41) is 11.9. The maximum absolute atomic E-state index is 12.7. The molecule has 9 heteroatoms. The first-order valence-corrected chi connectivity index (χ1v) is 10.6. The van der Waals surface area contributed by atoms with Crippen LogP contribution in [0.15, 0.2) is 16.3 Å².